The molecule has 3 aromatic rings. The lowest BCUT2D eigenvalue weighted by atomic mass is 10.1. The number of aromatic nitrogens is 3. The number of thioether (sulfide) groups is 1. The van der Waals surface area contributed by atoms with Crippen molar-refractivity contribution in [2.75, 3.05) is 36.8 Å². The van der Waals surface area contributed by atoms with E-state index < -0.39 is 0 Å². The Kier molecular flexibility index (Phi) is 6.56. The van der Waals surface area contributed by atoms with E-state index in [0.29, 0.717) is 23.9 Å². The first kappa shape index (κ1) is 21.4. The molecule has 0 atom stereocenters. The van der Waals surface area contributed by atoms with E-state index in [9.17, 15) is 4.79 Å². The molecule has 1 saturated heterocycles. The molecule has 162 valence electrons. The summed E-state index contributed by atoms with van der Waals surface area (Å²) in [7, 11) is 0. The van der Waals surface area contributed by atoms with Crippen LogP contribution in [-0.2, 0) is 11.2 Å². The largest absolute Gasteiger partial charge is 0.368 e. The maximum Gasteiger partial charge on any atom is 0.233 e. The molecule has 1 fully saturated rings. The van der Waals surface area contributed by atoms with Gasteiger partial charge in [-0.05, 0) is 43.2 Å². The van der Waals surface area contributed by atoms with Gasteiger partial charge in [0.25, 0.3) is 0 Å². The van der Waals surface area contributed by atoms with Crippen molar-refractivity contribution in [1.82, 2.24) is 20.0 Å². The van der Waals surface area contributed by atoms with E-state index in [1.165, 1.54) is 28.6 Å². The van der Waals surface area contributed by atoms with Gasteiger partial charge in [-0.2, -0.15) is 4.98 Å². The van der Waals surface area contributed by atoms with Crippen LogP contribution in [0.25, 0.3) is 11.4 Å². The van der Waals surface area contributed by atoms with E-state index in [1.807, 2.05) is 24.0 Å². The molecule has 0 radical (unpaired) electrons. The number of pyridine rings is 1. The predicted octanol–water partition coefficient (Wildman–Crippen LogP) is 3.75. The number of benzene rings is 1. The Morgan fingerprint density at radius 3 is 2.68 bits per heavy atom. The summed E-state index contributed by atoms with van der Waals surface area (Å²) in [5.74, 6) is 1.57. The first-order valence-electron chi connectivity index (χ1n) is 10.6. The lowest BCUT2D eigenvalue weighted by Gasteiger charge is -2.37. The number of aryl methyl sites for hydroxylation is 2. The molecule has 1 aliphatic heterocycles. The van der Waals surface area contributed by atoms with Crippen LogP contribution >= 0.6 is 11.8 Å². The summed E-state index contributed by atoms with van der Waals surface area (Å²) >= 11 is 1.42. The molecule has 0 aliphatic carbocycles. The molecule has 2 aromatic heterocycles. The molecule has 0 saturated carbocycles. The minimum absolute atomic E-state index is 0.129. The average molecular weight is 438 g/mol. The number of nitrogens with zero attached hydrogens (tertiary/aromatic N) is 5. The number of carbonyl (C=O) groups is 1. The fraction of sp³-hybridized carbons (Fsp3) is 0.391. The van der Waals surface area contributed by atoms with Crippen molar-refractivity contribution in [1.29, 1.82) is 0 Å². The monoisotopic (exact) mass is 437 g/mol. The smallest absolute Gasteiger partial charge is 0.233 e. The van der Waals surface area contributed by atoms with Gasteiger partial charge in [0.05, 0.1) is 11.3 Å². The number of amides is 1. The van der Waals surface area contributed by atoms with Gasteiger partial charge in [0.15, 0.2) is 0 Å². The third kappa shape index (κ3) is 4.74. The molecule has 0 bridgehead atoms. The molecule has 0 N–H and O–H groups in total. The third-order valence-electron chi connectivity index (χ3n) is 5.66. The molecular weight excluding hydrogens is 410 g/mol. The molecule has 0 unspecified atom stereocenters. The highest BCUT2D eigenvalue weighted by Crippen LogP contribution is 2.28. The molecule has 7 nitrogen and oxygen atoms in total. The van der Waals surface area contributed by atoms with Crippen molar-refractivity contribution >= 4 is 23.4 Å². The van der Waals surface area contributed by atoms with Crippen LogP contribution in [0.15, 0.2) is 46.1 Å². The zero-order valence-corrected chi connectivity index (χ0v) is 19.0. The minimum atomic E-state index is 0.129. The van der Waals surface area contributed by atoms with Crippen LogP contribution in [0.5, 0.6) is 0 Å². The van der Waals surface area contributed by atoms with Crippen molar-refractivity contribution < 1.29 is 9.32 Å². The maximum absolute atomic E-state index is 12.8. The van der Waals surface area contributed by atoms with Crippen molar-refractivity contribution in [2.45, 2.75) is 32.2 Å². The SMILES string of the molecule is CCc1nc(-c2cccnc2SCC(=O)N2CCN(c3cccc(C)c3C)CC2)no1. The van der Waals surface area contributed by atoms with Crippen LogP contribution in [0, 0.1) is 13.8 Å². The Morgan fingerprint density at radius 2 is 1.94 bits per heavy atom. The van der Waals surface area contributed by atoms with E-state index in [-0.39, 0.29) is 5.91 Å². The lowest BCUT2D eigenvalue weighted by Crippen LogP contribution is -2.49. The van der Waals surface area contributed by atoms with Gasteiger partial charge in [-0.3, -0.25) is 4.79 Å². The summed E-state index contributed by atoms with van der Waals surface area (Å²) in [5.41, 5.74) is 4.68. The van der Waals surface area contributed by atoms with E-state index in [0.717, 1.165) is 36.8 Å². The number of rotatable bonds is 6. The van der Waals surface area contributed by atoms with Crippen LogP contribution in [0.4, 0.5) is 5.69 Å². The van der Waals surface area contributed by atoms with Crippen LogP contribution in [0.3, 0.4) is 0 Å². The maximum atomic E-state index is 12.8. The lowest BCUT2D eigenvalue weighted by molar-refractivity contribution is -0.128. The van der Waals surface area contributed by atoms with Crippen LogP contribution in [0.2, 0.25) is 0 Å². The highest BCUT2D eigenvalue weighted by Gasteiger charge is 2.23. The van der Waals surface area contributed by atoms with Crippen molar-refractivity contribution in [3.05, 3.63) is 53.5 Å². The predicted molar refractivity (Wildman–Crippen MR) is 122 cm³/mol. The quantitative estimate of drug-likeness (QED) is 0.544. The standard InChI is InChI=1S/C23H27N5O2S/c1-4-20-25-22(26-30-20)18-8-6-10-24-23(18)31-15-21(29)28-13-11-27(12-14-28)19-9-5-7-16(2)17(19)3/h5-10H,4,11-15H2,1-3H3. The second-order valence-electron chi connectivity index (χ2n) is 7.60. The summed E-state index contributed by atoms with van der Waals surface area (Å²) in [6.07, 6.45) is 2.41. The first-order valence-corrected chi connectivity index (χ1v) is 11.5. The van der Waals surface area contributed by atoms with Gasteiger partial charge < -0.3 is 14.3 Å². The topological polar surface area (TPSA) is 75.4 Å². The number of anilines is 1. The fourth-order valence-corrected chi connectivity index (χ4v) is 4.57. The normalized spacial score (nSPS) is 14.2. The number of piperazine rings is 1. The van der Waals surface area contributed by atoms with Crippen LogP contribution < -0.4 is 4.90 Å². The Balaban J connectivity index is 1.36. The van der Waals surface area contributed by atoms with E-state index >= 15 is 0 Å². The average Bonchev–Trinajstić information content (AvgIpc) is 3.29. The highest BCUT2D eigenvalue weighted by atomic mass is 32.2. The molecule has 8 heteroatoms. The third-order valence-corrected chi connectivity index (χ3v) is 6.65. The van der Waals surface area contributed by atoms with Crippen molar-refractivity contribution in [3.8, 4) is 11.4 Å². The molecular formula is C23H27N5O2S. The molecule has 0 spiro atoms. The van der Waals surface area contributed by atoms with Gasteiger partial charge in [0.2, 0.25) is 17.6 Å². The van der Waals surface area contributed by atoms with E-state index in [1.54, 1.807) is 6.20 Å². The van der Waals surface area contributed by atoms with Crippen LogP contribution in [0.1, 0.15) is 23.9 Å². The number of hydrogen-bond acceptors (Lipinski definition) is 7. The van der Waals surface area contributed by atoms with Crippen molar-refractivity contribution in [2.24, 2.45) is 0 Å². The molecule has 31 heavy (non-hydrogen) atoms. The highest BCUT2D eigenvalue weighted by molar-refractivity contribution is 8.00. The van der Waals surface area contributed by atoms with Gasteiger partial charge in [0.1, 0.15) is 5.03 Å². The Morgan fingerprint density at radius 1 is 1.13 bits per heavy atom. The zero-order valence-electron chi connectivity index (χ0n) is 18.2. The summed E-state index contributed by atoms with van der Waals surface area (Å²) in [5, 5.41) is 4.79. The molecule has 1 amide bonds. The second-order valence-corrected chi connectivity index (χ2v) is 8.56. The summed E-state index contributed by atoms with van der Waals surface area (Å²) in [4.78, 5) is 26.0. The minimum Gasteiger partial charge on any atom is -0.368 e. The number of carbonyl (C=O) groups excluding carboxylic acids is 1. The van der Waals surface area contributed by atoms with Gasteiger partial charge in [-0.15, -0.1) is 0 Å². The summed E-state index contributed by atoms with van der Waals surface area (Å²) in [6.45, 7) is 9.42. The molecule has 4 rings (SSSR count). The first-order chi connectivity index (χ1) is 15.1. The second kappa shape index (κ2) is 9.51. The Hall–Kier alpha value is -2.87. The fourth-order valence-electron chi connectivity index (χ4n) is 3.68. The van der Waals surface area contributed by atoms with E-state index in [2.05, 4.69) is 52.1 Å². The van der Waals surface area contributed by atoms with Crippen molar-refractivity contribution in [3.63, 3.8) is 0 Å². The Bertz CT molecular complexity index is 1060. The summed E-state index contributed by atoms with van der Waals surface area (Å²) in [6, 6.07) is 10.2. The van der Waals surface area contributed by atoms with Gasteiger partial charge in [0, 0.05) is 44.5 Å². The van der Waals surface area contributed by atoms with Gasteiger partial charge >= 0.3 is 0 Å². The molecule has 1 aromatic carbocycles. The van der Waals surface area contributed by atoms with Crippen LogP contribution in [-0.4, -0.2) is 57.9 Å². The summed E-state index contributed by atoms with van der Waals surface area (Å²) < 4.78 is 5.23. The Labute approximate surface area is 186 Å². The zero-order chi connectivity index (χ0) is 21.8. The molecule has 1 aliphatic rings. The van der Waals surface area contributed by atoms with E-state index in [4.69, 9.17) is 4.52 Å². The van der Waals surface area contributed by atoms with Gasteiger partial charge in [-0.1, -0.05) is 36.0 Å². The molecule has 3 heterocycles. The number of hydrogen-bond donors (Lipinski definition) is 0. The van der Waals surface area contributed by atoms with Gasteiger partial charge in [-0.25, -0.2) is 4.98 Å².